The molecular weight excluding hydrogens is 432 g/mol. The van der Waals surface area contributed by atoms with Crippen molar-refractivity contribution >= 4 is 35.0 Å². The standard InChI is InChI=1S/C26H28N4O4/c1-17-6-5-8-19(14-17)29-23(31)15-21(25(29)33)27-10-12-28(13-11-27)22-16-24(32)30(26(22)34)20-9-4-3-7-18(20)2/h3-9,14,21-22H,10-13,15-16H2,1-2H3/t21-,22-/m0/s1. The van der Waals surface area contributed by atoms with Crippen molar-refractivity contribution in [1.29, 1.82) is 0 Å². The van der Waals surface area contributed by atoms with Crippen LogP contribution in [-0.2, 0) is 19.2 Å². The van der Waals surface area contributed by atoms with Crippen LogP contribution in [0.3, 0.4) is 0 Å². The lowest BCUT2D eigenvalue weighted by Gasteiger charge is -2.38. The van der Waals surface area contributed by atoms with Crippen molar-refractivity contribution in [3.63, 3.8) is 0 Å². The summed E-state index contributed by atoms with van der Waals surface area (Å²) < 4.78 is 0. The molecule has 3 fully saturated rings. The van der Waals surface area contributed by atoms with Gasteiger partial charge in [-0.2, -0.15) is 0 Å². The van der Waals surface area contributed by atoms with Crippen LogP contribution in [-0.4, -0.2) is 71.7 Å². The lowest BCUT2D eigenvalue weighted by Crippen LogP contribution is -2.56. The van der Waals surface area contributed by atoms with Gasteiger partial charge in [-0.05, 0) is 43.2 Å². The highest BCUT2D eigenvalue weighted by Gasteiger charge is 2.46. The molecule has 8 heteroatoms. The third-order valence-electron chi connectivity index (χ3n) is 7.09. The molecule has 0 aliphatic carbocycles. The molecule has 0 spiro atoms. The number of hydrogen-bond donors (Lipinski definition) is 0. The first-order valence-corrected chi connectivity index (χ1v) is 11.7. The van der Waals surface area contributed by atoms with Crippen LogP contribution in [0.5, 0.6) is 0 Å². The van der Waals surface area contributed by atoms with E-state index in [4.69, 9.17) is 0 Å². The number of aryl methyl sites for hydroxylation is 2. The van der Waals surface area contributed by atoms with Crippen molar-refractivity contribution in [3.8, 4) is 0 Å². The third-order valence-corrected chi connectivity index (χ3v) is 7.09. The lowest BCUT2D eigenvalue weighted by atomic mass is 10.1. The molecule has 2 aromatic rings. The molecular formula is C26H28N4O4. The van der Waals surface area contributed by atoms with Gasteiger partial charge < -0.3 is 0 Å². The van der Waals surface area contributed by atoms with Gasteiger partial charge in [-0.1, -0.05) is 30.3 Å². The summed E-state index contributed by atoms with van der Waals surface area (Å²) in [5.74, 6) is -0.752. The number of benzene rings is 2. The van der Waals surface area contributed by atoms with E-state index in [9.17, 15) is 19.2 Å². The Kier molecular flexibility index (Phi) is 5.79. The minimum atomic E-state index is -0.487. The molecule has 0 aromatic heterocycles. The highest BCUT2D eigenvalue weighted by atomic mass is 16.2. The number of piperazine rings is 1. The van der Waals surface area contributed by atoms with Gasteiger partial charge in [0, 0.05) is 26.2 Å². The zero-order valence-electron chi connectivity index (χ0n) is 19.4. The zero-order valence-corrected chi connectivity index (χ0v) is 19.4. The second-order valence-corrected chi connectivity index (χ2v) is 9.27. The number of carbonyl (C=O) groups is 4. The van der Waals surface area contributed by atoms with E-state index in [1.165, 1.54) is 9.80 Å². The first-order valence-electron chi connectivity index (χ1n) is 11.7. The minimum Gasteiger partial charge on any atom is -0.289 e. The second kappa shape index (κ2) is 8.77. The molecule has 2 atom stereocenters. The van der Waals surface area contributed by atoms with Crippen molar-refractivity contribution in [3.05, 3.63) is 59.7 Å². The summed E-state index contributed by atoms with van der Waals surface area (Å²) >= 11 is 0. The maximum atomic E-state index is 13.2. The Morgan fingerprint density at radius 3 is 1.82 bits per heavy atom. The average Bonchev–Trinajstić information content (AvgIpc) is 3.28. The van der Waals surface area contributed by atoms with Gasteiger partial charge >= 0.3 is 0 Å². The molecule has 176 valence electrons. The third kappa shape index (κ3) is 3.82. The van der Waals surface area contributed by atoms with Crippen LogP contribution in [0, 0.1) is 13.8 Å². The van der Waals surface area contributed by atoms with Gasteiger partial charge in [0.2, 0.25) is 11.8 Å². The highest BCUT2D eigenvalue weighted by molar-refractivity contribution is 6.23. The largest absolute Gasteiger partial charge is 0.289 e. The second-order valence-electron chi connectivity index (χ2n) is 9.27. The molecule has 34 heavy (non-hydrogen) atoms. The first-order chi connectivity index (χ1) is 16.3. The van der Waals surface area contributed by atoms with Crippen molar-refractivity contribution in [2.24, 2.45) is 0 Å². The maximum absolute atomic E-state index is 13.2. The van der Waals surface area contributed by atoms with Crippen LogP contribution in [0.1, 0.15) is 24.0 Å². The molecule has 3 aliphatic rings. The zero-order chi connectivity index (χ0) is 24.0. The van der Waals surface area contributed by atoms with E-state index in [0.29, 0.717) is 37.6 Å². The monoisotopic (exact) mass is 460 g/mol. The molecule has 2 aromatic carbocycles. The Labute approximate surface area is 198 Å². The molecule has 5 rings (SSSR count). The molecule has 0 unspecified atom stereocenters. The Bertz CT molecular complexity index is 1170. The minimum absolute atomic E-state index is 0.161. The molecule has 3 aliphatic heterocycles. The SMILES string of the molecule is Cc1cccc(N2C(=O)C[C@H](N3CCN([C@H]4CC(=O)N(c5ccccc5C)C4=O)CC3)C2=O)c1. The van der Waals surface area contributed by atoms with Crippen LogP contribution < -0.4 is 9.80 Å². The number of para-hydroxylation sites is 1. The van der Waals surface area contributed by atoms with Crippen molar-refractivity contribution < 1.29 is 19.2 Å². The summed E-state index contributed by atoms with van der Waals surface area (Å²) in [7, 11) is 0. The van der Waals surface area contributed by atoms with Crippen molar-refractivity contribution in [2.75, 3.05) is 36.0 Å². The molecule has 4 amide bonds. The molecule has 0 saturated carbocycles. The summed E-state index contributed by atoms with van der Waals surface area (Å²) in [5, 5.41) is 0. The predicted octanol–water partition coefficient (Wildman–Crippen LogP) is 1.89. The smallest absolute Gasteiger partial charge is 0.251 e. The first kappa shape index (κ1) is 22.4. The fourth-order valence-corrected chi connectivity index (χ4v) is 5.27. The summed E-state index contributed by atoms with van der Waals surface area (Å²) in [6.07, 6.45) is 0.323. The highest BCUT2D eigenvalue weighted by Crippen LogP contribution is 2.30. The number of rotatable bonds is 4. The molecule has 0 N–H and O–H groups in total. The number of nitrogens with zero attached hydrogens (tertiary/aromatic N) is 4. The van der Waals surface area contributed by atoms with Crippen LogP contribution in [0.25, 0.3) is 0 Å². The predicted molar refractivity (Wildman–Crippen MR) is 127 cm³/mol. The Morgan fingerprint density at radius 1 is 0.676 bits per heavy atom. The van der Waals surface area contributed by atoms with Crippen LogP contribution in [0.2, 0.25) is 0 Å². The van der Waals surface area contributed by atoms with Crippen molar-refractivity contribution in [1.82, 2.24) is 9.80 Å². The summed E-state index contributed by atoms with van der Waals surface area (Å²) in [5.41, 5.74) is 3.13. The van der Waals surface area contributed by atoms with Gasteiger partial charge in [-0.15, -0.1) is 0 Å². The van der Waals surface area contributed by atoms with E-state index in [1.807, 2.05) is 60.0 Å². The summed E-state index contributed by atoms with van der Waals surface area (Å²) in [6.45, 7) is 6.07. The van der Waals surface area contributed by atoms with E-state index in [-0.39, 0.29) is 36.5 Å². The molecule has 3 saturated heterocycles. The Hall–Kier alpha value is -3.36. The number of imide groups is 2. The quantitative estimate of drug-likeness (QED) is 0.649. The summed E-state index contributed by atoms with van der Waals surface area (Å²) in [4.78, 5) is 58.4. The van der Waals surface area contributed by atoms with E-state index in [1.54, 1.807) is 12.1 Å². The van der Waals surface area contributed by atoms with E-state index >= 15 is 0 Å². The average molecular weight is 461 g/mol. The van der Waals surface area contributed by atoms with Gasteiger partial charge in [-0.3, -0.25) is 29.0 Å². The normalized spacial score (nSPS) is 24.5. The number of amides is 4. The topological polar surface area (TPSA) is 81.2 Å². The van der Waals surface area contributed by atoms with E-state index < -0.39 is 12.1 Å². The molecule has 8 nitrogen and oxygen atoms in total. The van der Waals surface area contributed by atoms with Crippen LogP contribution in [0.15, 0.2) is 48.5 Å². The number of anilines is 2. The Morgan fingerprint density at radius 2 is 1.24 bits per heavy atom. The number of hydrogen-bond acceptors (Lipinski definition) is 6. The fourth-order valence-electron chi connectivity index (χ4n) is 5.27. The number of carbonyl (C=O) groups excluding carboxylic acids is 4. The van der Waals surface area contributed by atoms with E-state index in [0.717, 1.165) is 11.1 Å². The van der Waals surface area contributed by atoms with Crippen molar-refractivity contribution in [2.45, 2.75) is 38.8 Å². The van der Waals surface area contributed by atoms with Crippen LogP contribution in [0.4, 0.5) is 11.4 Å². The molecule has 0 radical (unpaired) electrons. The molecule has 0 bridgehead atoms. The van der Waals surface area contributed by atoms with Gasteiger partial charge in [-0.25, -0.2) is 9.80 Å². The lowest BCUT2D eigenvalue weighted by molar-refractivity contribution is -0.126. The van der Waals surface area contributed by atoms with Gasteiger partial charge in [0.1, 0.15) is 0 Å². The van der Waals surface area contributed by atoms with Gasteiger partial charge in [0.15, 0.2) is 0 Å². The van der Waals surface area contributed by atoms with Gasteiger partial charge in [0.05, 0.1) is 36.3 Å². The fraction of sp³-hybridized carbons (Fsp3) is 0.385. The van der Waals surface area contributed by atoms with Crippen LogP contribution >= 0.6 is 0 Å². The van der Waals surface area contributed by atoms with E-state index in [2.05, 4.69) is 0 Å². The maximum Gasteiger partial charge on any atom is 0.251 e. The van der Waals surface area contributed by atoms with Gasteiger partial charge in [0.25, 0.3) is 11.8 Å². The Balaban J connectivity index is 1.24. The summed E-state index contributed by atoms with van der Waals surface area (Å²) in [6, 6.07) is 13.8. The molecule has 3 heterocycles.